The number of amides is 1. The maximum absolute atomic E-state index is 13.1. The van der Waals surface area contributed by atoms with Gasteiger partial charge in [-0.2, -0.15) is 0 Å². The normalized spacial score (nSPS) is 10.5. The lowest BCUT2D eigenvalue weighted by Crippen LogP contribution is -2.22. The Kier molecular flexibility index (Phi) is 5.09. The summed E-state index contributed by atoms with van der Waals surface area (Å²) in [6.07, 6.45) is 3.11. The second-order valence-electron chi connectivity index (χ2n) is 5.38. The molecule has 1 aromatic heterocycles. The summed E-state index contributed by atoms with van der Waals surface area (Å²) in [7, 11) is 0. The van der Waals surface area contributed by atoms with Gasteiger partial charge in [-0.1, -0.05) is 6.07 Å². The van der Waals surface area contributed by atoms with Gasteiger partial charge in [-0.05, 0) is 48.0 Å². The van der Waals surface area contributed by atoms with Crippen molar-refractivity contribution in [3.05, 3.63) is 89.4 Å². The van der Waals surface area contributed by atoms with Crippen molar-refractivity contribution in [2.45, 2.75) is 13.2 Å². The average molecular weight is 343 g/mol. The molecule has 0 aliphatic rings. The molecule has 0 fully saturated rings. The zero-order valence-corrected chi connectivity index (χ0v) is 13.2. The molecular formula is C19H15F2NO3. The van der Waals surface area contributed by atoms with E-state index in [0.717, 1.165) is 17.7 Å². The van der Waals surface area contributed by atoms with Crippen molar-refractivity contribution in [1.29, 1.82) is 0 Å². The van der Waals surface area contributed by atoms with Crippen LogP contribution in [0.3, 0.4) is 0 Å². The number of nitrogens with one attached hydrogen (secondary N) is 1. The smallest absolute Gasteiger partial charge is 0.251 e. The van der Waals surface area contributed by atoms with E-state index < -0.39 is 11.6 Å². The van der Waals surface area contributed by atoms with E-state index in [1.165, 1.54) is 6.07 Å². The van der Waals surface area contributed by atoms with Crippen LogP contribution in [0.1, 0.15) is 21.5 Å². The minimum Gasteiger partial charge on any atom is -0.489 e. The van der Waals surface area contributed by atoms with Gasteiger partial charge < -0.3 is 14.5 Å². The molecule has 25 heavy (non-hydrogen) atoms. The number of benzene rings is 2. The Morgan fingerprint density at radius 3 is 2.48 bits per heavy atom. The maximum Gasteiger partial charge on any atom is 0.251 e. The number of furan rings is 1. The summed E-state index contributed by atoms with van der Waals surface area (Å²) in [5, 5.41) is 2.77. The molecule has 0 aliphatic carbocycles. The number of halogens is 2. The molecule has 3 rings (SSSR count). The van der Waals surface area contributed by atoms with Crippen molar-refractivity contribution in [1.82, 2.24) is 5.32 Å². The highest BCUT2D eigenvalue weighted by atomic mass is 19.2. The van der Waals surface area contributed by atoms with E-state index in [-0.39, 0.29) is 12.5 Å². The Bertz CT molecular complexity index is 846. The first kappa shape index (κ1) is 16.7. The summed E-state index contributed by atoms with van der Waals surface area (Å²) in [4.78, 5) is 12.0. The Labute approximate surface area is 143 Å². The Balaban J connectivity index is 1.54. The number of hydrogen-bond acceptors (Lipinski definition) is 3. The summed E-state index contributed by atoms with van der Waals surface area (Å²) in [6, 6.07) is 11.9. The molecular weight excluding hydrogens is 328 g/mol. The lowest BCUT2D eigenvalue weighted by Gasteiger charge is -2.08. The van der Waals surface area contributed by atoms with Gasteiger partial charge in [0, 0.05) is 17.7 Å². The van der Waals surface area contributed by atoms with E-state index in [4.69, 9.17) is 9.15 Å². The SMILES string of the molecule is O=C(NCc1ccoc1)c1ccc(OCc2ccc(F)c(F)c2)cc1. The van der Waals surface area contributed by atoms with E-state index in [0.29, 0.717) is 23.4 Å². The molecule has 0 radical (unpaired) electrons. The molecule has 0 aliphatic heterocycles. The van der Waals surface area contributed by atoms with Gasteiger partial charge in [0.15, 0.2) is 11.6 Å². The van der Waals surface area contributed by atoms with Crippen LogP contribution in [0, 0.1) is 11.6 Å². The standard InChI is InChI=1S/C19H15F2NO3/c20-17-6-1-13(9-18(17)21)12-25-16-4-2-15(3-5-16)19(23)22-10-14-7-8-24-11-14/h1-9,11H,10,12H2,(H,22,23). The lowest BCUT2D eigenvalue weighted by atomic mass is 10.2. The predicted molar refractivity (Wildman–Crippen MR) is 87.0 cm³/mol. The molecule has 0 saturated heterocycles. The second kappa shape index (κ2) is 7.61. The first-order chi connectivity index (χ1) is 12.1. The van der Waals surface area contributed by atoms with Gasteiger partial charge in [-0.3, -0.25) is 4.79 Å². The third kappa shape index (κ3) is 4.44. The minimum atomic E-state index is -0.911. The minimum absolute atomic E-state index is 0.100. The Morgan fingerprint density at radius 1 is 1.00 bits per heavy atom. The van der Waals surface area contributed by atoms with Gasteiger partial charge in [0.1, 0.15) is 12.4 Å². The van der Waals surface area contributed by atoms with Crippen LogP contribution < -0.4 is 10.1 Å². The summed E-state index contributed by atoms with van der Waals surface area (Å²) in [5.41, 5.74) is 1.88. The van der Waals surface area contributed by atoms with Gasteiger partial charge in [0.2, 0.25) is 0 Å². The number of carbonyl (C=O) groups is 1. The molecule has 6 heteroatoms. The summed E-state index contributed by atoms with van der Waals surface area (Å²) >= 11 is 0. The van der Waals surface area contributed by atoms with Crippen molar-refractivity contribution in [3.8, 4) is 5.75 Å². The van der Waals surface area contributed by atoms with Gasteiger partial charge in [0.05, 0.1) is 12.5 Å². The highest BCUT2D eigenvalue weighted by Crippen LogP contribution is 2.16. The average Bonchev–Trinajstić information content (AvgIpc) is 3.15. The molecule has 2 aromatic carbocycles. The van der Waals surface area contributed by atoms with Crippen LogP contribution in [0.15, 0.2) is 65.5 Å². The van der Waals surface area contributed by atoms with Gasteiger partial charge in [0.25, 0.3) is 5.91 Å². The predicted octanol–water partition coefficient (Wildman–Crippen LogP) is 4.07. The second-order valence-corrected chi connectivity index (χ2v) is 5.38. The quantitative estimate of drug-likeness (QED) is 0.734. The van der Waals surface area contributed by atoms with Crippen molar-refractivity contribution in [2.24, 2.45) is 0 Å². The zero-order valence-electron chi connectivity index (χ0n) is 13.2. The molecule has 0 spiro atoms. The lowest BCUT2D eigenvalue weighted by molar-refractivity contribution is 0.0951. The molecule has 3 aromatic rings. The molecule has 0 unspecified atom stereocenters. The van der Waals surface area contributed by atoms with Crippen LogP contribution in [-0.2, 0) is 13.2 Å². The molecule has 0 atom stereocenters. The fraction of sp³-hybridized carbons (Fsp3) is 0.105. The van der Waals surface area contributed by atoms with Gasteiger partial charge >= 0.3 is 0 Å². The third-order valence-corrected chi connectivity index (χ3v) is 3.54. The Hall–Kier alpha value is -3.15. The number of rotatable bonds is 6. The zero-order chi connectivity index (χ0) is 17.6. The molecule has 0 bridgehead atoms. The summed E-state index contributed by atoms with van der Waals surface area (Å²) < 4.78 is 36.5. The van der Waals surface area contributed by atoms with Crippen LogP contribution in [0.5, 0.6) is 5.75 Å². The molecule has 0 saturated carbocycles. The fourth-order valence-corrected chi connectivity index (χ4v) is 2.18. The number of hydrogen-bond donors (Lipinski definition) is 1. The van der Waals surface area contributed by atoms with E-state index in [9.17, 15) is 13.6 Å². The Morgan fingerprint density at radius 2 is 1.80 bits per heavy atom. The summed E-state index contributed by atoms with van der Waals surface area (Å²) in [6.45, 7) is 0.479. The van der Waals surface area contributed by atoms with E-state index in [2.05, 4.69) is 5.32 Å². The monoisotopic (exact) mass is 343 g/mol. The topological polar surface area (TPSA) is 51.5 Å². The van der Waals surface area contributed by atoms with E-state index >= 15 is 0 Å². The molecule has 1 amide bonds. The first-order valence-electron chi connectivity index (χ1n) is 7.58. The van der Waals surface area contributed by atoms with Crippen LogP contribution in [-0.4, -0.2) is 5.91 Å². The van der Waals surface area contributed by atoms with Gasteiger partial charge in [-0.15, -0.1) is 0 Å². The molecule has 128 valence electrons. The van der Waals surface area contributed by atoms with E-state index in [1.54, 1.807) is 42.9 Å². The van der Waals surface area contributed by atoms with E-state index in [1.807, 2.05) is 0 Å². The van der Waals surface area contributed by atoms with Crippen LogP contribution in [0.4, 0.5) is 8.78 Å². The third-order valence-electron chi connectivity index (χ3n) is 3.54. The highest BCUT2D eigenvalue weighted by molar-refractivity contribution is 5.94. The number of carbonyl (C=O) groups excluding carboxylic acids is 1. The molecule has 4 nitrogen and oxygen atoms in total. The van der Waals surface area contributed by atoms with Crippen molar-refractivity contribution >= 4 is 5.91 Å². The fourth-order valence-electron chi connectivity index (χ4n) is 2.18. The highest BCUT2D eigenvalue weighted by Gasteiger charge is 2.07. The molecule has 1 N–H and O–H groups in total. The van der Waals surface area contributed by atoms with Crippen molar-refractivity contribution in [2.75, 3.05) is 0 Å². The van der Waals surface area contributed by atoms with Crippen LogP contribution in [0.25, 0.3) is 0 Å². The first-order valence-corrected chi connectivity index (χ1v) is 7.58. The van der Waals surface area contributed by atoms with Crippen LogP contribution >= 0.6 is 0 Å². The maximum atomic E-state index is 13.1. The van der Waals surface area contributed by atoms with Crippen molar-refractivity contribution in [3.63, 3.8) is 0 Å². The largest absolute Gasteiger partial charge is 0.489 e. The number of ether oxygens (including phenoxy) is 1. The molecule has 1 heterocycles. The van der Waals surface area contributed by atoms with Gasteiger partial charge in [-0.25, -0.2) is 8.78 Å². The summed E-state index contributed by atoms with van der Waals surface area (Å²) in [5.74, 6) is -1.50. The van der Waals surface area contributed by atoms with Crippen LogP contribution in [0.2, 0.25) is 0 Å². The van der Waals surface area contributed by atoms with Crippen molar-refractivity contribution < 1.29 is 22.7 Å².